The molecule has 82 valence electrons. The lowest BCUT2D eigenvalue weighted by atomic mass is 10.2. The summed E-state index contributed by atoms with van der Waals surface area (Å²) in [4.78, 5) is 12.3. The van der Waals surface area contributed by atoms with Crippen molar-refractivity contribution >= 4 is 17.5 Å². The van der Waals surface area contributed by atoms with Crippen molar-refractivity contribution in [1.29, 1.82) is 0 Å². The van der Waals surface area contributed by atoms with Crippen molar-refractivity contribution in [3.05, 3.63) is 35.4 Å². The highest BCUT2D eigenvalue weighted by atomic mass is 35.5. The van der Waals surface area contributed by atoms with Gasteiger partial charge in [-0.1, -0.05) is 0 Å². The molecule has 1 aromatic rings. The van der Waals surface area contributed by atoms with E-state index in [1.165, 1.54) is 11.9 Å². The second-order valence-corrected chi connectivity index (χ2v) is 3.39. The summed E-state index contributed by atoms with van der Waals surface area (Å²) in [7, 11) is 1.48. The molecule has 0 saturated heterocycles. The van der Waals surface area contributed by atoms with Crippen molar-refractivity contribution in [3.63, 3.8) is 0 Å². The Labute approximate surface area is 91.4 Å². The molecule has 0 aliphatic heterocycles. The average molecular weight is 234 g/mol. The summed E-state index contributed by atoms with van der Waals surface area (Å²) in [5.41, 5.74) is 0.135. The number of carbonyl (C=O) groups excluding carboxylic acids is 1. The van der Waals surface area contributed by atoms with Gasteiger partial charge in [0.15, 0.2) is 0 Å². The molecule has 1 amide bonds. The van der Waals surface area contributed by atoms with Crippen LogP contribution < -0.4 is 0 Å². The Balaban J connectivity index is 2.80. The molecule has 0 aromatic heterocycles. The van der Waals surface area contributed by atoms with Crippen LogP contribution in [0.5, 0.6) is 0 Å². The van der Waals surface area contributed by atoms with Crippen LogP contribution in [0.15, 0.2) is 18.2 Å². The van der Waals surface area contributed by atoms with Gasteiger partial charge < -0.3 is 4.90 Å². The summed E-state index contributed by atoms with van der Waals surface area (Å²) in [6.07, 6.45) is 0. The summed E-state index contributed by atoms with van der Waals surface area (Å²) in [6.45, 7) is 0.00907. The molecular formula is C10H10ClF2NO. The Bertz CT molecular complexity index is 370. The fraction of sp³-hybridized carbons (Fsp3) is 0.300. The van der Waals surface area contributed by atoms with Gasteiger partial charge in [-0.05, 0) is 18.2 Å². The van der Waals surface area contributed by atoms with Crippen LogP contribution in [-0.2, 0) is 11.3 Å². The number of carbonyl (C=O) groups is 1. The zero-order valence-corrected chi connectivity index (χ0v) is 8.89. The third-order valence-corrected chi connectivity index (χ3v) is 2.18. The molecule has 0 heterocycles. The molecule has 1 rings (SSSR count). The second-order valence-electron chi connectivity index (χ2n) is 3.12. The van der Waals surface area contributed by atoms with Crippen LogP contribution >= 0.6 is 11.6 Å². The lowest BCUT2D eigenvalue weighted by Crippen LogP contribution is -2.27. The van der Waals surface area contributed by atoms with Crippen LogP contribution in [-0.4, -0.2) is 23.7 Å². The van der Waals surface area contributed by atoms with Gasteiger partial charge in [0.25, 0.3) is 0 Å². The molecule has 0 fully saturated rings. The zero-order valence-electron chi connectivity index (χ0n) is 8.14. The van der Waals surface area contributed by atoms with Crippen molar-refractivity contribution in [3.8, 4) is 0 Å². The van der Waals surface area contributed by atoms with Gasteiger partial charge in [-0.3, -0.25) is 4.79 Å². The predicted octanol–water partition coefficient (Wildman–Crippen LogP) is 2.16. The maximum absolute atomic E-state index is 13.2. The molecule has 0 aliphatic carbocycles. The Hall–Kier alpha value is -1.16. The Morgan fingerprint density at radius 3 is 2.73 bits per heavy atom. The average Bonchev–Trinajstić information content (AvgIpc) is 2.22. The highest BCUT2D eigenvalue weighted by molar-refractivity contribution is 6.27. The minimum absolute atomic E-state index is 0.00907. The first-order valence-electron chi connectivity index (χ1n) is 4.28. The van der Waals surface area contributed by atoms with Gasteiger partial charge in [-0.25, -0.2) is 8.78 Å². The molecule has 0 radical (unpaired) electrons. The van der Waals surface area contributed by atoms with E-state index in [0.29, 0.717) is 0 Å². The fourth-order valence-electron chi connectivity index (χ4n) is 1.11. The normalized spacial score (nSPS) is 10.1. The van der Waals surface area contributed by atoms with Crippen LogP contribution in [0.1, 0.15) is 5.56 Å². The standard InChI is InChI=1S/C10H10ClF2NO/c1-14(10(15)5-11)6-7-4-8(12)2-3-9(7)13/h2-4H,5-6H2,1H3. The highest BCUT2D eigenvalue weighted by Gasteiger charge is 2.11. The van der Waals surface area contributed by atoms with Gasteiger partial charge >= 0.3 is 0 Å². The van der Waals surface area contributed by atoms with Crippen LogP contribution in [0.2, 0.25) is 0 Å². The summed E-state index contributed by atoms with van der Waals surface area (Å²) >= 11 is 5.33. The number of nitrogens with zero attached hydrogens (tertiary/aromatic N) is 1. The molecule has 0 unspecified atom stereocenters. The summed E-state index contributed by atoms with van der Waals surface area (Å²) in [6, 6.07) is 3.12. The van der Waals surface area contributed by atoms with E-state index in [-0.39, 0.29) is 23.9 Å². The molecule has 0 N–H and O–H groups in total. The minimum atomic E-state index is -0.536. The first-order chi connectivity index (χ1) is 7.04. The van der Waals surface area contributed by atoms with E-state index in [4.69, 9.17) is 11.6 Å². The highest BCUT2D eigenvalue weighted by Crippen LogP contribution is 2.11. The van der Waals surface area contributed by atoms with Gasteiger partial charge in [0.05, 0.1) is 0 Å². The third kappa shape index (κ3) is 3.16. The maximum Gasteiger partial charge on any atom is 0.237 e. The lowest BCUT2D eigenvalue weighted by Gasteiger charge is -2.16. The van der Waals surface area contributed by atoms with E-state index in [0.717, 1.165) is 18.2 Å². The Kier molecular flexibility index (Phi) is 4.03. The molecule has 2 nitrogen and oxygen atoms in total. The second kappa shape index (κ2) is 5.07. The maximum atomic E-state index is 13.2. The van der Waals surface area contributed by atoms with Crippen LogP contribution in [0, 0.1) is 11.6 Å². The van der Waals surface area contributed by atoms with Gasteiger partial charge in [0.1, 0.15) is 17.5 Å². The summed E-state index contributed by atoms with van der Waals surface area (Å²) in [5, 5.41) is 0. The third-order valence-electron chi connectivity index (χ3n) is 1.96. The first-order valence-corrected chi connectivity index (χ1v) is 4.82. The van der Waals surface area contributed by atoms with Crippen molar-refractivity contribution in [1.82, 2.24) is 4.90 Å². The molecule has 1 aromatic carbocycles. The molecular weight excluding hydrogens is 224 g/mol. The van der Waals surface area contributed by atoms with E-state index in [9.17, 15) is 13.6 Å². The molecule has 0 bridgehead atoms. The van der Waals surface area contributed by atoms with Gasteiger partial charge in [0, 0.05) is 19.2 Å². The number of amides is 1. The molecule has 0 saturated carbocycles. The molecule has 0 aliphatic rings. The number of hydrogen-bond donors (Lipinski definition) is 0. The zero-order chi connectivity index (χ0) is 11.4. The molecule has 0 spiro atoms. The summed E-state index contributed by atoms with van der Waals surface area (Å²) in [5.74, 6) is -1.57. The number of halogens is 3. The monoisotopic (exact) mass is 233 g/mol. The number of alkyl halides is 1. The predicted molar refractivity (Wildman–Crippen MR) is 53.6 cm³/mol. The quantitative estimate of drug-likeness (QED) is 0.733. The smallest absolute Gasteiger partial charge is 0.237 e. The van der Waals surface area contributed by atoms with Crippen LogP contribution in [0.25, 0.3) is 0 Å². The van der Waals surface area contributed by atoms with Crippen molar-refractivity contribution in [2.75, 3.05) is 12.9 Å². The number of rotatable bonds is 3. The van der Waals surface area contributed by atoms with Gasteiger partial charge in [-0.2, -0.15) is 0 Å². The van der Waals surface area contributed by atoms with Crippen LogP contribution in [0.4, 0.5) is 8.78 Å². The first kappa shape index (κ1) is 11.9. The number of benzene rings is 1. The molecule has 15 heavy (non-hydrogen) atoms. The fourth-order valence-corrected chi connectivity index (χ4v) is 1.31. The topological polar surface area (TPSA) is 20.3 Å². The number of hydrogen-bond acceptors (Lipinski definition) is 1. The largest absolute Gasteiger partial charge is 0.340 e. The van der Waals surface area contributed by atoms with Gasteiger partial charge in [-0.15, -0.1) is 11.6 Å². The Morgan fingerprint density at radius 2 is 2.13 bits per heavy atom. The molecule has 5 heteroatoms. The minimum Gasteiger partial charge on any atom is -0.340 e. The van der Waals surface area contributed by atoms with Crippen molar-refractivity contribution in [2.45, 2.75) is 6.54 Å². The summed E-state index contributed by atoms with van der Waals surface area (Å²) < 4.78 is 25.9. The van der Waals surface area contributed by atoms with E-state index < -0.39 is 11.6 Å². The van der Waals surface area contributed by atoms with E-state index in [1.807, 2.05) is 0 Å². The van der Waals surface area contributed by atoms with E-state index in [1.54, 1.807) is 0 Å². The van der Waals surface area contributed by atoms with Crippen LogP contribution in [0.3, 0.4) is 0 Å². The van der Waals surface area contributed by atoms with E-state index >= 15 is 0 Å². The SMILES string of the molecule is CN(Cc1cc(F)ccc1F)C(=O)CCl. The Morgan fingerprint density at radius 1 is 1.47 bits per heavy atom. The van der Waals surface area contributed by atoms with E-state index in [2.05, 4.69) is 0 Å². The lowest BCUT2D eigenvalue weighted by molar-refractivity contribution is -0.127. The molecule has 0 atom stereocenters. The van der Waals surface area contributed by atoms with Crippen molar-refractivity contribution in [2.24, 2.45) is 0 Å². The van der Waals surface area contributed by atoms with Gasteiger partial charge in [0.2, 0.25) is 5.91 Å². The van der Waals surface area contributed by atoms with Crippen molar-refractivity contribution < 1.29 is 13.6 Å².